The predicted octanol–water partition coefficient (Wildman–Crippen LogP) is 3.46. The quantitative estimate of drug-likeness (QED) is 0.501. The smallest absolute Gasteiger partial charge is 0.175 e. The number of rotatable bonds is 1. The highest BCUT2D eigenvalue weighted by atomic mass is 28.3. The summed E-state index contributed by atoms with van der Waals surface area (Å²) in [4.78, 5) is 0. The van der Waals surface area contributed by atoms with Gasteiger partial charge in [0.05, 0.1) is 0 Å². The molecule has 0 unspecified atom stereocenters. The number of halogens is 9. The van der Waals surface area contributed by atoms with E-state index in [1.54, 1.807) is 0 Å². The lowest BCUT2D eigenvalue weighted by Crippen LogP contribution is -2.70. The number of hydrogen-bond acceptors (Lipinski definition) is 0. The van der Waals surface area contributed by atoms with E-state index in [4.69, 9.17) is 0 Å². The van der Waals surface area contributed by atoms with Crippen molar-refractivity contribution in [3.63, 3.8) is 0 Å². The van der Waals surface area contributed by atoms with Gasteiger partial charge in [-0.1, -0.05) is 5.70 Å². The van der Waals surface area contributed by atoms with Crippen LogP contribution in [0.1, 0.15) is 0 Å². The summed E-state index contributed by atoms with van der Waals surface area (Å²) in [5.74, 6) is -19.2. The van der Waals surface area contributed by atoms with Crippen LogP contribution in [-0.2, 0) is 0 Å². The highest BCUT2D eigenvalue weighted by Crippen LogP contribution is 2.50. The van der Waals surface area contributed by atoms with Gasteiger partial charge >= 0.3 is 25.5 Å². The van der Waals surface area contributed by atoms with E-state index in [1.165, 1.54) is 0 Å². The van der Waals surface area contributed by atoms with Crippen LogP contribution < -0.4 is 0 Å². The van der Waals surface area contributed by atoms with Gasteiger partial charge in [0.15, 0.2) is 0 Å². The molecule has 0 aliphatic rings. The van der Waals surface area contributed by atoms with Crippen molar-refractivity contribution in [1.82, 2.24) is 0 Å². The molecule has 0 N–H and O–H groups in total. The summed E-state index contributed by atoms with van der Waals surface area (Å²) < 4.78 is 107. The van der Waals surface area contributed by atoms with E-state index in [-0.39, 0.29) is 0 Å². The van der Waals surface area contributed by atoms with E-state index < -0.39 is 31.2 Å². The number of hydrogen-bond donors (Lipinski definition) is 0. The van der Waals surface area contributed by atoms with Crippen LogP contribution in [0.15, 0.2) is 12.3 Å². The lowest BCUT2D eigenvalue weighted by atomic mass is 11.2. The van der Waals surface area contributed by atoms with Crippen LogP contribution in [0.2, 0.25) is 0 Å². The zero-order valence-electron chi connectivity index (χ0n) is 6.69. The molecule has 10 heteroatoms. The topological polar surface area (TPSA) is 0 Å². The monoisotopic (exact) mass is 262 g/mol. The van der Waals surface area contributed by atoms with Crippen LogP contribution in [0.25, 0.3) is 0 Å². The van der Waals surface area contributed by atoms with E-state index in [1.807, 2.05) is 6.58 Å². The standard InChI is InChI=1S/C5H3F9Si/c1-2-15(3(6,7)8,4(9,10)11)5(12,13)14/h2H,1H2. The molecule has 0 radical (unpaired) electrons. The molecule has 0 rings (SSSR count). The molecule has 90 valence electrons. The van der Waals surface area contributed by atoms with Gasteiger partial charge in [0.2, 0.25) is 0 Å². The Morgan fingerprint density at radius 2 is 0.867 bits per heavy atom. The maximum absolute atomic E-state index is 11.9. The zero-order chi connectivity index (χ0) is 12.7. The highest BCUT2D eigenvalue weighted by molar-refractivity contribution is 6.89. The maximum Gasteiger partial charge on any atom is 0.445 e. The van der Waals surface area contributed by atoms with Crippen molar-refractivity contribution in [2.24, 2.45) is 0 Å². The Morgan fingerprint density at radius 3 is 0.867 bits per heavy atom. The van der Waals surface area contributed by atoms with Crippen LogP contribution in [0.5, 0.6) is 0 Å². The molecule has 0 aromatic heterocycles. The van der Waals surface area contributed by atoms with Gasteiger partial charge < -0.3 is 0 Å². The zero-order valence-corrected chi connectivity index (χ0v) is 7.69. The summed E-state index contributed by atoms with van der Waals surface area (Å²) in [6, 6.07) is 0. The SMILES string of the molecule is C=C[Si](C(F)(F)F)(C(F)(F)F)C(F)(F)F. The van der Waals surface area contributed by atoms with E-state index >= 15 is 0 Å². The predicted molar refractivity (Wildman–Crippen MR) is 34.1 cm³/mol. The molecule has 0 nitrogen and oxygen atoms in total. The molecule has 0 saturated heterocycles. The number of alkyl halides is 9. The lowest BCUT2D eigenvalue weighted by molar-refractivity contribution is -0.159. The summed E-state index contributed by atoms with van der Waals surface area (Å²) in [6.45, 7) is 2.03. The van der Waals surface area contributed by atoms with Crippen LogP contribution in [0.3, 0.4) is 0 Å². The summed E-state index contributed by atoms with van der Waals surface area (Å²) in [5.41, 5.74) is -1.05. The fourth-order valence-corrected chi connectivity index (χ4v) is 2.49. The van der Waals surface area contributed by atoms with Crippen LogP contribution in [-0.4, -0.2) is 25.5 Å². The second kappa shape index (κ2) is 3.42. The van der Waals surface area contributed by atoms with Crippen LogP contribution in [0.4, 0.5) is 39.5 Å². The van der Waals surface area contributed by atoms with Gasteiger partial charge in [0.1, 0.15) is 0 Å². The van der Waals surface area contributed by atoms with Gasteiger partial charge in [-0.05, 0) is 0 Å². The van der Waals surface area contributed by atoms with Gasteiger partial charge in [0.25, 0.3) is 0 Å². The fraction of sp³-hybridized carbons (Fsp3) is 0.600. The van der Waals surface area contributed by atoms with Crippen molar-refractivity contribution in [3.8, 4) is 0 Å². The molecule has 0 aliphatic carbocycles. The molecule has 0 aliphatic heterocycles. The molecule has 0 saturated carbocycles. The fourth-order valence-electron chi connectivity index (χ4n) is 0.829. The molecule has 0 aromatic carbocycles. The third-order valence-electron chi connectivity index (χ3n) is 1.65. The second-order valence-corrected chi connectivity index (χ2v) is 6.23. The molecule has 0 amide bonds. The van der Waals surface area contributed by atoms with Gasteiger partial charge in [-0.25, -0.2) is 0 Å². The van der Waals surface area contributed by atoms with Crippen molar-refractivity contribution >= 4 is 8.07 Å². The Kier molecular flexibility index (Phi) is 3.27. The summed E-state index contributed by atoms with van der Waals surface area (Å²) in [6.07, 6.45) is 0. The average Bonchev–Trinajstić information content (AvgIpc) is 1.76. The van der Waals surface area contributed by atoms with Crippen molar-refractivity contribution in [3.05, 3.63) is 12.3 Å². The average molecular weight is 262 g/mol. The van der Waals surface area contributed by atoms with Gasteiger partial charge in [-0.15, -0.1) is 6.58 Å². The minimum absolute atomic E-state index is 1.05. The lowest BCUT2D eigenvalue weighted by Gasteiger charge is -2.32. The minimum atomic E-state index is -7.61. The van der Waals surface area contributed by atoms with Crippen molar-refractivity contribution in [1.29, 1.82) is 0 Å². The van der Waals surface area contributed by atoms with Crippen molar-refractivity contribution in [2.75, 3.05) is 0 Å². The first-order chi connectivity index (χ1) is 6.31. The molecule has 0 spiro atoms. The van der Waals surface area contributed by atoms with Gasteiger partial charge in [0, 0.05) is 0 Å². The molecule has 0 heterocycles. The molecule has 0 fully saturated rings. The van der Waals surface area contributed by atoms with E-state index in [9.17, 15) is 39.5 Å². The Bertz CT molecular complexity index is 207. The Balaban J connectivity index is 5.89. The van der Waals surface area contributed by atoms with Crippen molar-refractivity contribution in [2.45, 2.75) is 17.4 Å². The summed E-state index contributed by atoms with van der Waals surface area (Å²) in [5, 5.41) is 0. The molecule has 0 aromatic rings. The summed E-state index contributed by atoms with van der Waals surface area (Å²) in [7, 11) is -7.61. The van der Waals surface area contributed by atoms with E-state index in [0.29, 0.717) is 0 Å². The van der Waals surface area contributed by atoms with Gasteiger partial charge in [-0.2, -0.15) is 39.5 Å². The molecular weight excluding hydrogens is 259 g/mol. The Labute approximate surface area is 78.4 Å². The molecule has 0 bridgehead atoms. The van der Waals surface area contributed by atoms with Crippen LogP contribution in [0, 0.1) is 0 Å². The maximum atomic E-state index is 11.9. The Hall–Kier alpha value is -0.673. The van der Waals surface area contributed by atoms with Crippen molar-refractivity contribution < 1.29 is 39.5 Å². The first-order valence-corrected chi connectivity index (χ1v) is 5.23. The summed E-state index contributed by atoms with van der Waals surface area (Å²) >= 11 is 0. The Morgan fingerprint density at radius 1 is 0.667 bits per heavy atom. The molecule has 0 atom stereocenters. The second-order valence-electron chi connectivity index (χ2n) is 2.51. The third kappa shape index (κ3) is 1.99. The minimum Gasteiger partial charge on any atom is -0.175 e. The third-order valence-corrected chi connectivity index (χ3v) is 4.94. The first-order valence-electron chi connectivity index (χ1n) is 3.15. The normalized spacial score (nSPS) is 15.3. The molecule has 15 heavy (non-hydrogen) atoms. The van der Waals surface area contributed by atoms with E-state index in [2.05, 4.69) is 0 Å². The van der Waals surface area contributed by atoms with E-state index in [0.717, 1.165) is 0 Å². The van der Waals surface area contributed by atoms with Gasteiger partial charge in [-0.3, -0.25) is 0 Å². The first kappa shape index (κ1) is 14.3. The largest absolute Gasteiger partial charge is 0.445 e. The molecular formula is C5H3F9Si. The van der Waals surface area contributed by atoms with Crippen LogP contribution >= 0.6 is 0 Å². The highest BCUT2D eigenvalue weighted by Gasteiger charge is 2.85.